The smallest absolute Gasteiger partial charge is 0.139 e. The van der Waals surface area contributed by atoms with Crippen LogP contribution in [0.4, 0.5) is 0 Å². The maximum absolute atomic E-state index is 10.5. The highest BCUT2D eigenvalue weighted by molar-refractivity contribution is 5.85. The van der Waals surface area contributed by atoms with Crippen molar-refractivity contribution in [1.29, 1.82) is 0 Å². The summed E-state index contributed by atoms with van der Waals surface area (Å²) in [4.78, 5) is 10.5. The Labute approximate surface area is 88.3 Å². The van der Waals surface area contributed by atoms with Crippen LogP contribution < -0.4 is 4.74 Å². The molecule has 0 N–H and O–H groups in total. The van der Waals surface area contributed by atoms with Gasteiger partial charge >= 0.3 is 0 Å². The molecule has 0 aliphatic heterocycles. The number of aromatic nitrogens is 1. The van der Waals surface area contributed by atoms with Crippen molar-refractivity contribution in [2.45, 2.75) is 13.5 Å². The van der Waals surface area contributed by atoms with E-state index >= 15 is 0 Å². The van der Waals surface area contributed by atoms with Crippen LogP contribution in [0.5, 0.6) is 5.75 Å². The van der Waals surface area contributed by atoms with Gasteiger partial charge in [0.2, 0.25) is 0 Å². The minimum absolute atomic E-state index is 0.386. The summed E-state index contributed by atoms with van der Waals surface area (Å²) in [5, 5.41) is 1.16. The van der Waals surface area contributed by atoms with Gasteiger partial charge in [-0.15, -0.1) is 0 Å². The van der Waals surface area contributed by atoms with E-state index in [1.807, 2.05) is 35.9 Å². The van der Waals surface area contributed by atoms with Gasteiger partial charge in [0.15, 0.2) is 0 Å². The quantitative estimate of drug-likeness (QED) is 0.716. The van der Waals surface area contributed by atoms with E-state index < -0.39 is 0 Å². The number of ether oxygens (including phenoxy) is 1. The third kappa shape index (κ3) is 1.61. The fourth-order valence-corrected chi connectivity index (χ4v) is 1.81. The van der Waals surface area contributed by atoms with Crippen LogP contribution in [0.15, 0.2) is 24.4 Å². The summed E-state index contributed by atoms with van der Waals surface area (Å²) in [6.07, 6.45) is 2.89. The molecule has 0 amide bonds. The van der Waals surface area contributed by atoms with Crippen LogP contribution in [0, 0.1) is 6.92 Å². The van der Waals surface area contributed by atoms with Crippen molar-refractivity contribution in [3.8, 4) is 5.75 Å². The van der Waals surface area contributed by atoms with Crippen molar-refractivity contribution in [3.63, 3.8) is 0 Å². The number of hydrogen-bond donors (Lipinski definition) is 0. The van der Waals surface area contributed by atoms with Crippen molar-refractivity contribution in [3.05, 3.63) is 30.0 Å². The maximum Gasteiger partial charge on any atom is 0.139 e. The molecule has 0 saturated heterocycles. The van der Waals surface area contributed by atoms with Crippen LogP contribution in [0.25, 0.3) is 10.9 Å². The summed E-state index contributed by atoms with van der Waals surface area (Å²) in [5.41, 5.74) is 2.22. The lowest BCUT2D eigenvalue weighted by Crippen LogP contribution is -1.96. The number of fused-ring (bicyclic) bond motifs is 1. The van der Waals surface area contributed by atoms with Crippen molar-refractivity contribution in [1.82, 2.24) is 4.57 Å². The topological polar surface area (TPSA) is 31.2 Å². The second-order valence-electron chi connectivity index (χ2n) is 3.51. The molecule has 1 aromatic heterocycles. The van der Waals surface area contributed by atoms with Crippen LogP contribution in [0.3, 0.4) is 0 Å². The lowest BCUT2D eigenvalue weighted by Gasteiger charge is -2.02. The normalized spacial score (nSPS) is 10.5. The fraction of sp³-hybridized carbons (Fsp3) is 0.250. The summed E-state index contributed by atoms with van der Waals surface area (Å²) in [5.74, 6) is 0.813. The molecule has 3 heteroatoms. The highest BCUT2D eigenvalue weighted by Gasteiger charge is 2.05. The number of aldehydes is 1. The van der Waals surface area contributed by atoms with Gasteiger partial charge in [-0.05, 0) is 24.6 Å². The van der Waals surface area contributed by atoms with E-state index in [-0.39, 0.29) is 0 Å². The molecule has 0 saturated carbocycles. The first-order valence-corrected chi connectivity index (χ1v) is 4.83. The molecule has 0 unspecified atom stereocenters. The number of carbonyl (C=O) groups is 1. The van der Waals surface area contributed by atoms with E-state index in [1.165, 1.54) is 5.56 Å². The number of rotatable bonds is 3. The zero-order valence-electron chi connectivity index (χ0n) is 8.86. The van der Waals surface area contributed by atoms with Crippen molar-refractivity contribution >= 4 is 17.2 Å². The summed E-state index contributed by atoms with van der Waals surface area (Å²) in [6.45, 7) is 2.42. The van der Waals surface area contributed by atoms with E-state index in [9.17, 15) is 4.79 Å². The predicted molar refractivity (Wildman–Crippen MR) is 59.3 cm³/mol. The Morgan fingerprint density at radius 2 is 2.27 bits per heavy atom. The zero-order valence-corrected chi connectivity index (χ0v) is 8.86. The molecule has 0 spiro atoms. The molecule has 1 heterocycles. The standard InChI is InChI=1S/C12H13NO2/c1-9-8-13(5-6-14)12-7-10(15-2)3-4-11(9)12/h3-4,6-8H,5H2,1-2H3. The minimum Gasteiger partial charge on any atom is -0.497 e. The van der Waals surface area contributed by atoms with Gasteiger partial charge in [-0.2, -0.15) is 0 Å². The Morgan fingerprint density at radius 3 is 2.93 bits per heavy atom. The van der Waals surface area contributed by atoms with Crippen molar-refractivity contribution in [2.75, 3.05) is 7.11 Å². The Bertz CT molecular complexity index is 500. The van der Waals surface area contributed by atoms with Gasteiger partial charge in [0.1, 0.15) is 12.0 Å². The largest absolute Gasteiger partial charge is 0.497 e. The minimum atomic E-state index is 0.386. The van der Waals surface area contributed by atoms with E-state index in [1.54, 1.807) is 7.11 Å². The second kappa shape index (κ2) is 3.77. The van der Waals surface area contributed by atoms with Crippen LogP contribution in [-0.2, 0) is 11.3 Å². The Balaban J connectivity index is 2.65. The molecule has 0 atom stereocenters. The van der Waals surface area contributed by atoms with E-state index in [0.29, 0.717) is 6.54 Å². The van der Waals surface area contributed by atoms with Gasteiger partial charge in [-0.1, -0.05) is 0 Å². The number of methoxy groups -OCH3 is 1. The SMILES string of the molecule is COc1ccc2c(C)cn(CC=O)c2c1. The van der Waals surface area contributed by atoms with Gasteiger partial charge in [-0.25, -0.2) is 0 Å². The van der Waals surface area contributed by atoms with Gasteiger partial charge in [0, 0.05) is 17.6 Å². The molecule has 0 radical (unpaired) electrons. The van der Waals surface area contributed by atoms with Crippen molar-refractivity contribution < 1.29 is 9.53 Å². The third-order valence-electron chi connectivity index (χ3n) is 2.56. The Kier molecular flexibility index (Phi) is 2.46. The highest BCUT2D eigenvalue weighted by atomic mass is 16.5. The van der Waals surface area contributed by atoms with Crippen LogP contribution in [-0.4, -0.2) is 18.0 Å². The van der Waals surface area contributed by atoms with Crippen LogP contribution in [0.1, 0.15) is 5.56 Å². The van der Waals surface area contributed by atoms with Crippen LogP contribution >= 0.6 is 0 Å². The second-order valence-corrected chi connectivity index (χ2v) is 3.51. The molecule has 0 aliphatic carbocycles. The third-order valence-corrected chi connectivity index (χ3v) is 2.56. The molecular formula is C12H13NO2. The molecule has 2 rings (SSSR count). The average molecular weight is 203 g/mol. The fourth-order valence-electron chi connectivity index (χ4n) is 1.81. The van der Waals surface area contributed by atoms with Crippen LogP contribution in [0.2, 0.25) is 0 Å². The molecule has 78 valence electrons. The summed E-state index contributed by atoms with van der Waals surface area (Å²) in [7, 11) is 1.64. The predicted octanol–water partition coefficient (Wildman–Crippen LogP) is 2.16. The molecule has 15 heavy (non-hydrogen) atoms. The lowest BCUT2D eigenvalue weighted by atomic mass is 10.2. The first-order valence-electron chi connectivity index (χ1n) is 4.83. The van der Waals surface area contributed by atoms with Gasteiger partial charge in [-0.3, -0.25) is 0 Å². The van der Waals surface area contributed by atoms with Crippen molar-refractivity contribution in [2.24, 2.45) is 0 Å². The van der Waals surface area contributed by atoms with E-state index in [4.69, 9.17) is 4.74 Å². The van der Waals surface area contributed by atoms with Gasteiger partial charge < -0.3 is 14.1 Å². The van der Waals surface area contributed by atoms with Gasteiger partial charge in [0.05, 0.1) is 19.2 Å². The molecule has 2 aromatic rings. The maximum atomic E-state index is 10.5. The molecule has 0 fully saturated rings. The van der Waals surface area contributed by atoms with E-state index in [2.05, 4.69) is 0 Å². The Hall–Kier alpha value is -1.77. The number of aryl methyl sites for hydroxylation is 1. The van der Waals surface area contributed by atoms with E-state index in [0.717, 1.165) is 22.9 Å². The first-order chi connectivity index (χ1) is 7.26. The number of carbonyl (C=O) groups excluding carboxylic acids is 1. The lowest BCUT2D eigenvalue weighted by molar-refractivity contribution is -0.108. The molecule has 0 aliphatic rings. The number of hydrogen-bond acceptors (Lipinski definition) is 2. The monoisotopic (exact) mass is 203 g/mol. The number of nitrogens with zero attached hydrogens (tertiary/aromatic N) is 1. The average Bonchev–Trinajstić information content (AvgIpc) is 2.56. The highest BCUT2D eigenvalue weighted by Crippen LogP contribution is 2.24. The molecule has 3 nitrogen and oxygen atoms in total. The molecule has 1 aromatic carbocycles. The molecule has 0 bridgehead atoms. The number of benzene rings is 1. The Morgan fingerprint density at radius 1 is 1.47 bits per heavy atom. The van der Waals surface area contributed by atoms with Gasteiger partial charge in [0.25, 0.3) is 0 Å². The summed E-state index contributed by atoms with van der Waals surface area (Å²) in [6, 6.07) is 5.90. The summed E-state index contributed by atoms with van der Waals surface area (Å²) < 4.78 is 7.09. The zero-order chi connectivity index (χ0) is 10.8. The molecular weight excluding hydrogens is 190 g/mol. The first kappa shape index (κ1) is 9.77. The summed E-state index contributed by atoms with van der Waals surface area (Å²) >= 11 is 0.